The standard InChI is InChI=1S/C28H36N3O9P/c1-4-6-12-36-41(34,37-13-7-5-2)38-18-26-23-17-35-24-14-19(9-11-22(24)31(23)28(33)40-26)20-8-10-21(29-15-20)25-16-30(3)27(32)39-25/h8-11,14-15,23,25-26H,4-7,12-13,16-18H2,1-3H3/t23-,25?,26-/m0/s1. The van der Waals surface area contributed by atoms with Gasteiger partial charge in [-0.05, 0) is 36.6 Å². The number of rotatable bonds is 13. The van der Waals surface area contributed by atoms with E-state index in [0.29, 0.717) is 23.7 Å². The van der Waals surface area contributed by atoms with Gasteiger partial charge >= 0.3 is 20.0 Å². The Bertz CT molecular complexity index is 1280. The van der Waals surface area contributed by atoms with Gasteiger partial charge in [-0.1, -0.05) is 38.8 Å². The minimum absolute atomic E-state index is 0.149. The molecule has 4 heterocycles. The lowest BCUT2D eigenvalue weighted by atomic mass is 10.0. The van der Waals surface area contributed by atoms with Crippen LogP contribution in [0, 0.1) is 0 Å². The Kier molecular flexibility index (Phi) is 9.13. The zero-order valence-corrected chi connectivity index (χ0v) is 24.4. The number of phosphoric acid groups is 1. The van der Waals surface area contributed by atoms with Crippen LogP contribution < -0.4 is 9.64 Å². The maximum Gasteiger partial charge on any atom is 0.474 e. The van der Waals surface area contributed by atoms with E-state index in [1.807, 2.05) is 38.1 Å². The lowest BCUT2D eigenvalue weighted by molar-refractivity contribution is 0.0492. The molecule has 3 aliphatic heterocycles. The average molecular weight is 590 g/mol. The number of carbonyl (C=O) groups excluding carboxylic acids is 2. The predicted molar refractivity (Wildman–Crippen MR) is 149 cm³/mol. The monoisotopic (exact) mass is 589 g/mol. The van der Waals surface area contributed by atoms with E-state index in [9.17, 15) is 14.2 Å². The Morgan fingerprint density at radius 3 is 2.34 bits per heavy atom. The summed E-state index contributed by atoms with van der Waals surface area (Å²) >= 11 is 0. The lowest BCUT2D eigenvalue weighted by Crippen LogP contribution is -2.45. The summed E-state index contributed by atoms with van der Waals surface area (Å²) in [6.07, 6.45) is 2.90. The van der Waals surface area contributed by atoms with Gasteiger partial charge in [0.1, 0.15) is 18.4 Å². The first-order valence-electron chi connectivity index (χ1n) is 14.0. The van der Waals surface area contributed by atoms with Gasteiger partial charge in [-0.25, -0.2) is 14.2 Å². The van der Waals surface area contributed by atoms with Crippen LogP contribution in [0.5, 0.6) is 5.75 Å². The van der Waals surface area contributed by atoms with Gasteiger partial charge in [-0.15, -0.1) is 0 Å². The number of nitrogens with zero attached hydrogens (tertiary/aromatic N) is 3. The normalized spacial score (nSPS) is 21.8. The zero-order valence-electron chi connectivity index (χ0n) is 23.5. The van der Waals surface area contributed by atoms with E-state index in [0.717, 1.165) is 36.8 Å². The third-order valence-corrected chi connectivity index (χ3v) is 8.64. The summed E-state index contributed by atoms with van der Waals surface area (Å²) in [5.41, 5.74) is 2.94. The number of cyclic esters (lactones) is 2. The number of fused-ring (bicyclic) bond motifs is 3. The van der Waals surface area contributed by atoms with Crippen molar-refractivity contribution in [2.24, 2.45) is 0 Å². The summed E-state index contributed by atoms with van der Waals surface area (Å²) in [6.45, 7) is 4.99. The average Bonchev–Trinajstić information content (AvgIpc) is 3.49. The Morgan fingerprint density at radius 2 is 1.71 bits per heavy atom. The zero-order chi connectivity index (χ0) is 29.0. The molecule has 2 aromatic rings. The number of benzene rings is 1. The molecule has 13 heteroatoms. The molecule has 1 aromatic carbocycles. The molecule has 2 amide bonds. The second-order valence-corrected chi connectivity index (χ2v) is 11.9. The summed E-state index contributed by atoms with van der Waals surface area (Å²) in [5.74, 6) is 0.532. The van der Waals surface area contributed by atoms with Crippen LogP contribution in [0.15, 0.2) is 36.5 Å². The fourth-order valence-electron chi connectivity index (χ4n) is 4.76. The van der Waals surface area contributed by atoms with Gasteiger partial charge in [0, 0.05) is 18.8 Å². The molecule has 0 saturated carbocycles. The summed E-state index contributed by atoms with van der Waals surface area (Å²) in [5, 5.41) is 0. The summed E-state index contributed by atoms with van der Waals surface area (Å²) in [7, 11) is -2.12. The SMILES string of the molecule is CCCCOP(=O)(OCCCC)OC[C@@H]1OC(=O)N2c3ccc(-c4ccc(C5CN(C)C(=O)O5)nc4)cc3OC[C@@H]12. The van der Waals surface area contributed by atoms with Crippen molar-refractivity contribution in [3.8, 4) is 16.9 Å². The number of likely N-dealkylation sites (N-methyl/N-ethyl adjacent to an activating group) is 1. The first kappa shape index (κ1) is 29.3. The maximum atomic E-state index is 13.2. The van der Waals surface area contributed by atoms with E-state index in [1.165, 1.54) is 4.90 Å². The lowest BCUT2D eigenvalue weighted by Gasteiger charge is -2.31. The molecule has 2 fully saturated rings. The minimum Gasteiger partial charge on any atom is -0.489 e. The number of ether oxygens (including phenoxy) is 3. The molecule has 0 N–H and O–H groups in total. The Hall–Kier alpha value is -3.18. The van der Waals surface area contributed by atoms with Gasteiger partial charge < -0.3 is 19.1 Å². The number of hydrogen-bond donors (Lipinski definition) is 0. The molecule has 0 radical (unpaired) electrons. The molecule has 0 aliphatic carbocycles. The van der Waals surface area contributed by atoms with Crippen LogP contribution in [0.2, 0.25) is 0 Å². The molecular formula is C28H36N3O9P. The van der Waals surface area contributed by atoms with Crippen LogP contribution in [0.25, 0.3) is 11.1 Å². The summed E-state index contributed by atoms with van der Waals surface area (Å²) in [6, 6.07) is 8.80. The van der Waals surface area contributed by atoms with Crippen molar-refractivity contribution in [2.45, 2.75) is 57.8 Å². The highest BCUT2D eigenvalue weighted by atomic mass is 31.2. The third kappa shape index (κ3) is 6.51. The Labute approximate surface area is 239 Å². The van der Waals surface area contributed by atoms with Gasteiger partial charge in [0.2, 0.25) is 0 Å². The molecule has 41 heavy (non-hydrogen) atoms. The second kappa shape index (κ2) is 12.8. The number of phosphoric ester groups is 1. The number of unbranched alkanes of at least 4 members (excludes halogenated alkanes) is 2. The van der Waals surface area contributed by atoms with E-state index < -0.39 is 32.2 Å². The van der Waals surface area contributed by atoms with Crippen LogP contribution in [0.4, 0.5) is 15.3 Å². The molecule has 0 bridgehead atoms. The Balaban J connectivity index is 1.25. The maximum absolute atomic E-state index is 13.2. The van der Waals surface area contributed by atoms with Gasteiger partial charge in [0.15, 0.2) is 12.2 Å². The fraction of sp³-hybridized carbons (Fsp3) is 0.536. The highest BCUT2D eigenvalue weighted by Gasteiger charge is 2.47. The van der Waals surface area contributed by atoms with E-state index in [-0.39, 0.29) is 32.5 Å². The number of amides is 2. The van der Waals surface area contributed by atoms with Crippen molar-refractivity contribution >= 4 is 25.7 Å². The fourth-order valence-corrected chi connectivity index (χ4v) is 6.02. The van der Waals surface area contributed by atoms with Crippen LogP contribution in [0.1, 0.15) is 51.3 Å². The number of hydrogen-bond acceptors (Lipinski definition) is 10. The van der Waals surface area contributed by atoms with Gasteiger partial charge in [0.25, 0.3) is 0 Å². The van der Waals surface area contributed by atoms with Crippen LogP contribution in [-0.2, 0) is 27.6 Å². The van der Waals surface area contributed by atoms with Crippen LogP contribution >= 0.6 is 7.82 Å². The molecule has 5 rings (SSSR count). The minimum atomic E-state index is -3.81. The van der Waals surface area contributed by atoms with Crippen molar-refractivity contribution in [1.29, 1.82) is 0 Å². The van der Waals surface area contributed by atoms with E-state index in [2.05, 4.69) is 4.98 Å². The van der Waals surface area contributed by atoms with Gasteiger partial charge in [0.05, 0.1) is 37.7 Å². The molecule has 1 aromatic heterocycles. The smallest absolute Gasteiger partial charge is 0.474 e. The summed E-state index contributed by atoms with van der Waals surface area (Å²) in [4.78, 5) is 32.1. The number of anilines is 1. The molecule has 3 atom stereocenters. The van der Waals surface area contributed by atoms with Gasteiger partial charge in [-0.3, -0.25) is 23.5 Å². The quantitative estimate of drug-likeness (QED) is 0.212. The number of pyridine rings is 1. The molecule has 2 saturated heterocycles. The van der Waals surface area contributed by atoms with Crippen molar-refractivity contribution in [2.75, 3.05) is 44.9 Å². The highest BCUT2D eigenvalue weighted by Crippen LogP contribution is 2.51. The topological polar surface area (TPSA) is 126 Å². The third-order valence-electron chi connectivity index (χ3n) is 7.17. The number of aromatic nitrogens is 1. The molecule has 12 nitrogen and oxygen atoms in total. The first-order chi connectivity index (χ1) is 19.8. The van der Waals surface area contributed by atoms with E-state index >= 15 is 0 Å². The first-order valence-corrected chi connectivity index (χ1v) is 15.5. The van der Waals surface area contributed by atoms with Crippen LogP contribution in [0.3, 0.4) is 0 Å². The molecule has 0 spiro atoms. The van der Waals surface area contributed by atoms with Gasteiger partial charge in [-0.2, -0.15) is 0 Å². The molecule has 3 aliphatic rings. The van der Waals surface area contributed by atoms with Crippen LogP contribution in [-0.4, -0.2) is 74.2 Å². The molecular weight excluding hydrogens is 553 g/mol. The largest absolute Gasteiger partial charge is 0.489 e. The Morgan fingerprint density at radius 1 is 0.976 bits per heavy atom. The van der Waals surface area contributed by atoms with Crippen molar-refractivity contribution < 1.29 is 41.9 Å². The van der Waals surface area contributed by atoms with E-state index in [1.54, 1.807) is 24.2 Å². The number of carbonyl (C=O) groups is 2. The highest BCUT2D eigenvalue weighted by molar-refractivity contribution is 7.48. The molecule has 1 unspecified atom stereocenters. The predicted octanol–water partition coefficient (Wildman–Crippen LogP) is 5.72. The van der Waals surface area contributed by atoms with Crippen molar-refractivity contribution in [1.82, 2.24) is 9.88 Å². The van der Waals surface area contributed by atoms with Crippen molar-refractivity contribution in [3.63, 3.8) is 0 Å². The second-order valence-electron chi connectivity index (χ2n) is 10.2. The van der Waals surface area contributed by atoms with Crippen molar-refractivity contribution in [3.05, 3.63) is 42.2 Å². The molecule has 222 valence electrons. The summed E-state index contributed by atoms with van der Waals surface area (Å²) < 4.78 is 46.8. The van der Waals surface area contributed by atoms with E-state index in [4.69, 9.17) is 27.8 Å².